The average Bonchev–Trinajstić information content (AvgIpc) is 2.69. The molecule has 1 aliphatic rings. The normalized spacial score (nSPS) is 13.2. The summed E-state index contributed by atoms with van der Waals surface area (Å²) < 4.78 is 0. The lowest BCUT2D eigenvalue weighted by Gasteiger charge is -2.28. The van der Waals surface area contributed by atoms with Crippen LogP contribution in [0.25, 0.3) is 11.1 Å². The Labute approximate surface area is 165 Å². The SMILES string of the molecule is CN1CCCc2ccc(NC(=O)c3ccc(-c4cccc(S)c4)cc3)cc21. The Balaban J connectivity index is 1.51. The largest absolute Gasteiger partial charge is 0.374 e. The first kappa shape index (κ1) is 17.7. The average molecular weight is 375 g/mol. The number of benzene rings is 3. The third-order valence-electron chi connectivity index (χ3n) is 5.02. The highest BCUT2D eigenvalue weighted by molar-refractivity contribution is 7.80. The molecule has 0 saturated heterocycles. The summed E-state index contributed by atoms with van der Waals surface area (Å²) in [5, 5.41) is 3.02. The minimum atomic E-state index is -0.0945. The van der Waals surface area contributed by atoms with Crippen LogP contribution in [-0.4, -0.2) is 19.5 Å². The van der Waals surface area contributed by atoms with Crippen molar-refractivity contribution in [3.63, 3.8) is 0 Å². The molecule has 0 spiro atoms. The predicted molar refractivity (Wildman–Crippen MR) is 115 cm³/mol. The number of carbonyl (C=O) groups excluding carboxylic acids is 1. The standard InChI is InChI=1S/C23H22N2OS/c1-25-13-3-5-17-11-12-20(15-22(17)25)24-23(26)18-9-7-16(8-10-18)19-4-2-6-21(27)14-19/h2,4,6-12,14-15,27H,3,5,13H2,1H3,(H,24,26). The molecule has 27 heavy (non-hydrogen) atoms. The van der Waals surface area contributed by atoms with E-state index in [4.69, 9.17) is 0 Å². The molecule has 0 radical (unpaired) electrons. The summed E-state index contributed by atoms with van der Waals surface area (Å²) in [5.74, 6) is -0.0945. The van der Waals surface area contributed by atoms with Crippen molar-refractivity contribution in [3.8, 4) is 11.1 Å². The molecule has 0 atom stereocenters. The van der Waals surface area contributed by atoms with Gasteiger partial charge in [-0.2, -0.15) is 0 Å². The first-order valence-corrected chi connectivity index (χ1v) is 9.60. The Kier molecular flexibility index (Phi) is 4.90. The van der Waals surface area contributed by atoms with E-state index in [2.05, 4.69) is 42.0 Å². The van der Waals surface area contributed by atoms with Gasteiger partial charge in [0.1, 0.15) is 0 Å². The van der Waals surface area contributed by atoms with Crippen molar-refractivity contribution in [1.29, 1.82) is 0 Å². The highest BCUT2D eigenvalue weighted by atomic mass is 32.1. The Morgan fingerprint density at radius 1 is 1.00 bits per heavy atom. The molecular weight excluding hydrogens is 352 g/mol. The van der Waals surface area contributed by atoms with Gasteiger partial charge in [-0.05, 0) is 65.9 Å². The molecule has 0 fully saturated rings. The minimum absolute atomic E-state index is 0.0945. The smallest absolute Gasteiger partial charge is 0.255 e. The lowest BCUT2D eigenvalue weighted by atomic mass is 10.0. The number of amides is 1. The van der Waals surface area contributed by atoms with Crippen LogP contribution in [0.3, 0.4) is 0 Å². The van der Waals surface area contributed by atoms with E-state index in [1.54, 1.807) is 0 Å². The van der Waals surface area contributed by atoms with Gasteiger partial charge >= 0.3 is 0 Å². The molecule has 3 aromatic rings. The van der Waals surface area contributed by atoms with E-state index in [0.717, 1.165) is 34.7 Å². The maximum Gasteiger partial charge on any atom is 0.255 e. The van der Waals surface area contributed by atoms with Gasteiger partial charge in [0.15, 0.2) is 0 Å². The summed E-state index contributed by atoms with van der Waals surface area (Å²) in [6.07, 6.45) is 2.28. The molecule has 4 heteroatoms. The Hall–Kier alpha value is -2.72. The summed E-state index contributed by atoms with van der Waals surface area (Å²) in [6, 6.07) is 21.8. The number of carbonyl (C=O) groups is 1. The van der Waals surface area contributed by atoms with Gasteiger partial charge in [0, 0.05) is 35.4 Å². The summed E-state index contributed by atoms with van der Waals surface area (Å²) in [6.45, 7) is 1.05. The van der Waals surface area contributed by atoms with Gasteiger partial charge in [0.2, 0.25) is 0 Å². The van der Waals surface area contributed by atoms with Crippen LogP contribution in [0.1, 0.15) is 22.3 Å². The quantitative estimate of drug-likeness (QED) is 0.612. The third kappa shape index (κ3) is 3.86. The van der Waals surface area contributed by atoms with Crippen LogP contribution in [0.4, 0.5) is 11.4 Å². The molecule has 0 saturated carbocycles. The van der Waals surface area contributed by atoms with Crippen molar-refractivity contribution in [2.45, 2.75) is 17.7 Å². The van der Waals surface area contributed by atoms with Crippen LogP contribution < -0.4 is 10.2 Å². The first-order valence-electron chi connectivity index (χ1n) is 9.15. The van der Waals surface area contributed by atoms with Crippen LogP contribution >= 0.6 is 12.6 Å². The summed E-state index contributed by atoms with van der Waals surface area (Å²) in [4.78, 5) is 15.8. The first-order chi connectivity index (χ1) is 13.1. The van der Waals surface area contributed by atoms with Crippen molar-refractivity contribution in [3.05, 3.63) is 77.9 Å². The Morgan fingerprint density at radius 2 is 1.81 bits per heavy atom. The van der Waals surface area contributed by atoms with Crippen LogP contribution in [-0.2, 0) is 6.42 Å². The van der Waals surface area contributed by atoms with Crippen LogP contribution in [0.15, 0.2) is 71.6 Å². The molecule has 1 aliphatic heterocycles. The van der Waals surface area contributed by atoms with Crippen molar-refractivity contribution < 1.29 is 4.79 Å². The van der Waals surface area contributed by atoms with E-state index in [0.29, 0.717) is 5.56 Å². The molecule has 0 aromatic heterocycles. The number of aryl methyl sites for hydroxylation is 1. The summed E-state index contributed by atoms with van der Waals surface area (Å²) in [5.41, 5.74) is 6.19. The van der Waals surface area contributed by atoms with Gasteiger partial charge in [-0.1, -0.05) is 30.3 Å². The van der Waals surface area contributed by atoms with Crippen molar-refractivity contribution in [1.82, 2.24) is 0 Å². The van der Waals surface area contributed by atoms with E-state index in [-0.39, 0.29) is 5.91 Å². The summed E-state index contributed by atoms with van der Waals surface area (Å²) in [7, 11) is 2.10. The van der Waals surface area contributed by atoms with Gasteiger partial charge in [0.25, 0.3) is 5.91 Å². The second-order valence-electron chi connectivity index (χ2n) is 6.95. The van der Waals surface area contributed by atoms with Gasteiger partial charge in [0.05, 0.1) is 0 Å². The number of nitrogens with one attached hydrogen (secondary N) is 1. The highest BCUT2D eigenvalue weighted by Gasteiger charge is 2.15. The number of hydrogen-bond acceptors (Lipinski definition) is 3. The fourth-order valence-corrected chi connectivity index (χ4v) is 3.76. The highest BCUT2D eigenvalue weighted by Crippen LogP contribution is 2.29. The molecule has 0 aliphatic carbocycles. The van der Waals surface area contributed by atoms with Crippen molar-refractivity contribution >= 4 is 29.9 Å². The van der Waals surface area contributed by atoms with Gasteiger partial charge in [-0.25, -0.2) is 0 Å². The fraction of sp³-hybridized carbons (Fsp3) is 0.174. The number of rotatable bonds is 3. The fourth-order valence-electron chi connectivity index (χ4n) is 3.54. The van der Waals surface area contributed by atoms with E-state index < -0.39 is 0 Å². The maximum absolute atomic E-state index is 12.6. The second-order valence-corrected chi connectivity index (χ2v) is 7.47. The molecule has 3 aromatic carbocycles. The van der Waals surface area contributed by atoms with Crippen LogP contribution in [0, 0.1) is 0 Å². The summed E-state index contributed by atoms with van der Waals surface area (Å²) >= 11 is 4.39. The topological polar surface area (TPSA) is 32.3 Å². The van der Waals surface area contributed by atoms with E-state index in [9.17, 15) is 4.79 Å². The van der Waals surface area contributed by atoms with Gasteiger partial charge in [-0.15, -0.1) is 12.6 Å². The number of nitrogens with zero attached hydrogens (tertiary/aromatic N) is 1. The number of hydrogen-bond donors (Lipinski definition) is 2. The van der Waals surface area contributed by atoms with Gasteiger partial charge < -0.3 is 10.2 Å². The monoisotopic (exact) mass is 374 g/mol. The molecular formula is C23H22N2OS. The number of thiol groups is 1. The lowest BCUT2D eigenvalue weighted by molar-refractivity contribution is 0.102. The van der Waals surface area contributed by atoms with Crippen molar-refractivity contribution in [2.75, 3.05) is 23.8 Å². The van der Waals surface area contributed by atoms with Gasteiger partial charge in [-0.3, -0.25) is 4.79 Å². The maximum atomic E-state index is 12.6. The molecule has 1 heterocycles. The lowest BCUT2D eigenvalue weighted by Crippen LogP contribution is -2.24. The molecule has 1 amide bonds. The molecule has 0 unspecified atom stereocenters. The molecule has 0 bridgehead atoms. The Morgan fingerprint density at radius 3 is 2.59 bits per heavy atom. The van der Waals surface area contributed by atoms with Crippen LogP contribution in [0.2, 0.25) is 0 Å². The molecule has 1 N–H and O–H groups in total. The van der Waals surface area contributed by atoms with E-state index in [1.165, 1.54) is 17.7 Å². The zero-order valence-electron chi connectivity index (χ0n) is 15.3. The van der Waals surface area contributed by atoms with E-state index in [1.807, 2.05) is 54.6 Å². The number of anilines is 2. The van der Waals surface area contributed by atoms with Crippen molar-refractivity contribution in [2.24, 2.45) is 0 Å². The predicted octanol–water partition coefficient (Wildman–Crippen LogP) is 5.28. The zero-order chi connectivity index (χ0) is 18.8. The second kappa shape index (κ2) is 7.49. The van der Waals surface area contributed by atoms with Crippen LogP contribution in [0.5, 0.6) is 0 Å². The van der Waals surface area contributed by atoms with E-state index >= 15 is 0 Å². The molecule has 4 rings (SSSR count). The zero-order valence-corrected chi connectivity index (χ0v) is 16.2. The Bertz CT molecular complexity index is 982. The molecule has 136 valence electrons. The molecule has 3 nitrogen and oxygen atoms in total. The minimum Gasteiger partial charge on any atom is -0.374 e. The number of fused-ring (bicyclic) bond motifs is 1. The third-order valence-corrected chi connectivity index (χ3v) is 5.30.